The van der Waals surface area contributed by atoms with E-state index in [0.717, 1.165) is 57.8 Å². The molecule has 64 heavy (non-hydrogen) atoms. The molecule has 0 saturated carbocycles. The summed E-state index contributed by atoms with van der Waals surface area (Å²) >= 11 is 0. The molecule has 3 rings (SSSR count). The van der Waals surface area contributed by atoms with Crippen molar-refractivity contribution in [2.24, 2.45) is 0 Å². The van der Waals surface area contributed by atoms with E-state index in [4.69, 9.17) is 28.4 Å². The lowest BCUT2D eigenvalue weighted by Gasteiger charge is -2.48. The predicted octanol–water partition coefficient (Wildman–Crippen LogP) is -0.143. The van der Waals surface area contributed by atoms with E-state index in [-0.39, 0.29) is 18.9 Å². The Bertz CT molecular complexity index is 1340. The molecule has 17 unspecified atom stereocenters. The zero-order valence-corrected chi connectivity index (χ0v) is 37.5. The van der Waals surface area contributed by atoms with Gasteiger partial charge >= 0.3 is 0 Å². The summed E-state index contributed by atoms with van der Waals surface area (Å²) in [7, 11) is 0. The number of carbonyl (C=O) groups is 1. The van der Waals surface area contributed by atoms with E-state index >= 15 is 0 Å². The minimum absolute atomic E-state index is 0.228. The Hall–Kier alpha value is -1.99. The fourth-order valence-corrected chi connectivity index (χ4v) is 7.69. The first-order valence-corrected chi connectivity index (χ1v) is 23.2. The molecule has 3 heterocycles. The van der Waals surface area contributed by atoms with Gasteiger partial charge in [-0.2, -0.15) is 0 Å². The van der Waals surface area contributed by atoms with Crippen molar-refractivity contribution in [3.8, 4) is 0 Å². The van der Waals surface area contributed by atoms with Gasteiger partial charge in [-0.1, -0.05) is 95.2 Å². The van der Waals surface area contributed by atoms with Gasteiger partial charge in [0.25, 0.3) is 0 Å². The second kappa shape index (κ2) is 31.1. The molecule has 372 valence electrons. The molecule has 0 radical (unpaired) electrons. The molecule has 3 fully saturated rings. The lowest BCUT2D eigenvalue weighted by molar-refractivity contribution is -0.379. The number of amides is 1. The molecule has 17 atom stereocenters. The van der Waals surface area contributed by atoms with Gasteiger partial charge < -0.3 is 89.9 Å². The van der Waals surface area contributed by atoms with E-state index in [0.29, 0.717) is 12.8 Å². The SMILES string of the molecule is CCCCC/C=C/CC/C=C/CC/C=C/C(O)C(COC1OC(CO)C(OC2OC(CO)C(OC3OC(CO)C(O)C(O)C3O)C(O)C2O)C(O)C1O)NC(=O)CCCCCCCC. The van der Waals surface area contributed by atoms with Gasteiger partial charge in [-0.3, -0.25) is 4.79 Å². The predicted molar refractivity (Wildman–Crippen MR) is 231 cm³/mol. The maximum Gasteiger partial charge on any atom is 0.220 e. The Morgan fingerprint density at radius 1 is 0.547 bits per heavy atom. The number of allylic oxidation sites excluding steroid dienone is 5. The van der Waals surface area contributed by atoms with Crippen molar-refractivity contribution in [3.63, 3.8) is 0 Å². The molecule has 0 aliphatic carbocycles. The number of hydrogen-bond acceptors (Lipinski definition) is 18. The normalized spacial score (nSPS) is 34.8. The maximum atomic E-state index is 13.0. The van der Waals surface area contributed by atoms with Crippen LogP contribution in [-0.2, 0) is 33.2 Å². The number of nitrogens with one attached hydrogen (secondary N) is 1. The zero-order valence-electron chi connectivity index (χ0n) is 37.5. The summed E-state index contributed by atoms with van der Waals surface area (Å²) in [6.45, 7) is 1.51. The first-order chi connectivity index (χ1) is 30.8. The largest absolute Gasteiger partial charge is 0.394 e. The van der Waals surface area contributed by atoms with Crippen LogP contribution in [0.4, 0.5) is 0 Å². The molecule has 12 N–H and O–H groups in total. The van der Waals surface area contributed by atoms with Crippen molar-refractivity contribution in [1.29, 1.82) is 0 Å². The van der Waals surface area contributed by atoms with Crippen molar-refractivity contribution >= 4 is 5.91 Å². The van der Waals surface area contributed by atoms with Crippen LogP contribution < -0.4 is 5.32 Å². The van der Waals surface area contributed by atoms with E-state index in [1.165, 1.54) is 19.3 Å². The second-order valence-electron chi connectivity index (χ2n) is 16.8. The van der Waals surface area contributed by atoms with Crippen LogP contribution in [0.1, 0.15) is 110 Å². The number of carbonyl (C=O) groups excluding carboxylic acids is 1. The van der Waals surface area contributed by atoms with Crippen LogP contribution in [0.3, 0.4) is 0 Å². The Balaban J connectivity index is 1.61. The molecule has 3 saturated heterocycles. The van der Waals surface area contributed by atoms with E-state index in [9.17, 15) is 61.0 Å². The van der Waals surface area contributed by atoms with Crippen molar-refractivity contribution in [3.05, 3.63) is 36.5 Å². The standard InChI is InChI=1S/C45H79NO18/c1-3-5-7-9-11-12-13-14-15-16-17-18-20-22-29(50)28(46-33(51)23-21-19-10-8-6-4-2)27-59-43-39(57)36(54)41(31(25-48)61-43)64-45-40(58)37(55)42(32(26-49)62-45)63-44-38(56)35(53)34(52)30(24-47)60-44/h11-12,15-16,20,22,28-32,34-45,47-50,52-58H,3-10,13-14,17-19,21,23-27H2,1-2H3,(H,46,51)/b12-11+,16-15+,22-20+. The van der Waals surface area contributed by atoms with Crippen LogP contribution in [0, 0.1) is 0 Å². The minimum Gasteiger partial charge on any atom is -0.394 e. The summed E-state index contributed by atoms with van der Waals surface area (Å²) in [6, 6.07) is -0.987. The Labute approximate surface area is 377 Å². The van der Waals surface area contributed by atoms with Gasteiger partial charge in [0.2, 0.25) is 5.91 Å². The molecule has 19 heteroatoms. The van der Waals surface area contributed by atoms with Gasteiger partial charge in [0.1, 0.15) is 73.2 Å². The van der Waals surface area contributed by atoms with E-state index in [2.05, 4.69) is 43.5 Å². The van der Waals surface area contributed by atoms with Crippen LogP contribution in [0.5, 0.6) is 0 Å². The molecule has 0 aromatic heterocycles. The van der Waals surface area contributed by atoms with Crippen molar-refractivity contribution < 1.29 is 89.4 Å². The highest BCUT2D eigenvalue weighted by atomic mass is 16.8. The van der Waals surface area contributed by atoms with Crippen LogP contribution in [0.25, 0.3) is 0 Å². The van der Waals surface area contributed by atoms with Crippen LogP contribution in [0.15, 0.2) is 36.5 Å². The van der Waals surface area contributed by atoms with Gasteiger partial charge in [-0.25, -0.2) is 0 Å². The average Bonchev–Trinajstić information content (AvgIpc) is 3.29. The van der Waals surface area contributed by atoms with Crippen molar-refractivity contribution in [2.45, 2.75) is 214 Å². The summed E-state index contributed by atoms with van der Waals surface area (Å²) in [5.41, 5.74) is 0. The van der Waals surface area contributed by atoms with Crippen molar-refractivity contribution in [2.75, 3.05) is 26.4 Å². The quantitative estimate of drug-likeness (QED) is 0.0330. The van der Waals surface area contributed by atoms with Crippen LogP contribution in [-0.4, -0.2) is 193 Å². The third kappa shape index (κ3) is 17.9. The highest BCUT2D eigenvalue weighted by molar-refractivity contribution is 5.76. The zero-order chi connectivity index (χ0) is 47.0. The third-order valence-electron chi connectivity index (χ3n) is 11.7. The van der Waals surface area contributed by atoms with E-state index < -0.39 is 124 Å². The molecule has 0 aromatic carbocycles. The number of hydrogen-bond donors (Lipinski definition) is 12. The Kier molecular flexibility index (Phi) is 27.4. The Morgan fingerprint density at radius 3 is 1.56 bits per heavy atom. The van der Waals surface area contributed by atoms with E-state index in [1.807, 2.05) is 0 Å². The number of aliphatic hydroxyl groups is 11. The molecule has 0 aromatic rings. The van der Waals surface area contributed by atoms with Gasteiger partial charge in [-0.15, -0.1) is 0 Å². The molecule has 3 aliphatic heterocycles. The maximum absolute atomic E-state index is 13.0. The molecule has 1 amide bonds. The highest BCUT2D eigenvalue weighted by Gasteiger charge is 2.53. The average molecular weight is 922 g/mol. The number of aliphatic hydroxyl groups excluding tert-OH is 11. The Morgan fingerprint density at radius 2 is 1.00 bits per heavy atom. The molecule has 0 spiro atoms. The number of rotatable bonds is 30. The van der Waals surface area contributed by atoms with Crippen molar-refractivity contribution in [1.82, 2.24) is 5.32 Å². The minimum atomic E-state index is -1.98. The van der Waals surface area contributed by atoms with Gasteiger partial charge in [0.05, 0.1) is 38.6 Å². The molecular formula is C45H79NO18. The fraction of sp³-hybridized carbons (Fsp3) is 0.844. The number of unbranched alkanes of at least 4 members (excludes halogenated alkanes) is 10. The fourth-order valence-electron chi connectivity index (χ4n) is 7.69. The lowest BCUT2D eigenvalue weighted by Crippen LogP contribution is -2.66. The molecule has 19 nitrogen and oxygen atoms in total. The summed E-state index contributed by atoms with van der Waals surface area (Å²) in [6.07, 6.45) is -0.725. The summed E-state index contributed by atoms with van der Waals surface area (Å²) in [5.74, 6) is -0.305. The summed E-state index contributed by atoms with van der Waals surface area (Å²) in [4.78, 5) is 13.0. The van der Waals surface area contributed by atoms with Gasteiger partial charge in [0, 0.05) is 6.42 Å². The smallest absolute Gasteiger partial charge is 0.220 e. The molecule has 3 aliphatic rings. The third-order valence-corrected chi connectivity index (χ3v) is 11.7. The lowest BCUT2D eigenvalue weighted by atomic mass is 9.96. The van der Waals surface area contributed by atoms with Crippen LogP contribution >= 0.6 is 0 Å². The second-order valence-corrected chi connectivity index (χ2v) is 16.8. The molecule has 0 bridgehead atoms. The first-order valence-electron chi connectivity index (χ1n) is 23.2. The highest BCUT2D eigenvalue weighted by Crippen LogP contribution is 2.33. The topological polar surface area (TPSA) is 307 Å². The first kappa shape index (κ1) is 56.3. The monoisotopic (exact) mass is 922 g/mol. The van der Waals surface area contributed by atoms with Gasteiger partial charge in [-0.05, 0) is 44.9 Å². The number of ether oxygens (including phenoxy) is 6. The summed E-state index contributed by atoms with van der Waals surface area (Å²) < 4.78 is 33.9. The van der Waals surface area contributed by atoms with Crippen LogP contribution in [0.2, 0.25) is 0 Å². The molecular weight excluding hydrogens is 842 g/mol. The van der Waals surface area contributed by atoms with E-state index in [1.54, 1.807) is 12.2 Å². The summed E-state index contributed by atoms with van der Waals surface area (Å²) in [5, 5.41) is 119. The van der Waals surface area contributed by atoms with Gasteiger partial charge in [0.15, 0.2) is 18.9 Å².